The van der Waals surface area contributed by atoms with Crippen molar-refractivity contribution >= 4 is 27.3 Å². The minimum Gasteiger partial charge on any atom is -0.477 e. The first kappa shape index (κ1) is 20.4. The van der Waals surface area contributed by atoms with Crippen molar-refractivity contribution in [2.45, 2.75) is 24.2 Å². The van der Waals surface area contributed by atoms with Gasteiger partial charge in [-0.25, -0.2) is 17.9 Å². The number of ether oxygens (including phenoxy) is 1. The van der Waals surface area contributed by atoms with E-state index in [-0.39, 0.29) is 22.9 Å². The number of aromatic carboxylic acids is 1. The molecule has 0 unspecified atom stereocenters. The SMILES string of the molecule is O=C(O)c1sccc1S(=O)(=O)NCc1ccc(COCC(F)(F)F)cc1. The maximum atomic E-state index is 12.2. The lowest BCUT2D eigenvalue weighted by Crippen LogP contribution is -2.24. The maximum Gasteiger partial charge on any atom is 0.411 e. The lowest BCUT2D eigenvalue weighted by atomic mass is 10.1. The van der Waals surface area contributed by atoms with Gasteiger partial charge in [0.15, 0.2) is 0 Å². The monoisotopic (exact) mass is 409 g/mol. The number of carboxylic acid groups (broad SMARTS) is 1. The molecular formula is C15H14F3NO5S2. The van der Waals surface area contributed by atoms with Crippen LogP contribution in [0.15, 0.2) is 40.6 Å². The molecule has 0 aliphatic heterocycles. The van der Waals surface area contributed by atoms with Crippen molar-refractivity contribution < 1.29 is 36.2 Å². The number of halogens is 3. The van der Waals surface area contributed by atoms with E-state index in [0.717, 1.165) is 11.3 Å². The summed E-state index contributed by atoms with van der Waals surface area (Å²) in [6.07, 6.45) is -4.39. The fourth-order valence-corrected chi connectivity index (χ4v) is 4.23. The van der Waals surface area contributed by atoms with Gasteiger partial charge in [0.2, 0.25) is 10.0 Å². The van der Waals surface area contributed by atoms with Gasteiger partial charge in [0, 0.05) is 6.54 Å². The molecule has 0 aliphatic carbocycles. The number of nitrogens with one attached hydrogen (secondary N) is 1. The minimum atomic E-state index is -4.39. The van der Waals surface area contributed by atoms with E-state index in [1.54, 1.807) is 12.1 Å². The molecule has 6 nitrogen and oxygen atoms in total. The number of alkyl halides is 3. The third-order valence-corrected chi connectivity index (χ3v) is 5.61. The van der Waals surface area contributed by atoms with Gasteiger partial charge in [-0.3, -0.25) is 0 Å². The van der Waals surface area contributed by atoms with Gasteiger partial charge in [0.1, 0.15) is 16.4 Å². The van der Waals surface area contributed by atoms with Gasteiger partial charge in [0.25, 0.3) is 0 Å². The standard InChI is InChI=1S/C15H14F3NO5S2/c16-15(17,18)9-24-8-11-3-1-10(2-4-11)7-19-26(22,23)12-5-6-25-13(12)14(20)21/h1-6,19H,7-9H2,(H,20,21). The lowest BCUT2D eigenvalue weighted by Gasteiger charge is -2.09. The molecule has 11 heteroatoms. The van der Waals surface area contributed by atoms with Gasteiger partial charge >= 0.3 is 12.1 Å². The highest BCUT2D eigenvalue weighted by molar-refractivity contribution is 7.89. The summed E-state index contributed by atoms with van der Waals surface area (Å²) >= 11 is 0.805. The molecule has 0 bridgehead atoms. The van der Waals surface area contributed by atoms with Crippen molar-refractivity contribution in [1.29, 1.82) is 0 Å². The Bertz CT molecular complexity index is 860. The number of hydrogen-bond donors (Lipinski definition) is 2. The van der Waals surface area contributed by atoms with Crippen molar-refractivity contribution in [3.63, 3.8) is 0 Å². The van der Waals surface area contributed by atoms with Crippen molar-refractivity contribution in [2.75, 3.05) is 6.61 Å². The number of rotatable bonds is 8. The molecule has 0 spiro atoms. The van der Waals surface area contributed by atoms with Crippen molar-refractivity contribution in [3.8, 4) is 0 Å². The number of sulfonamides is 1. The highest BCUT2D eigenvalue weighted by Crippen LogP contribution is 2.22. The molecule has 0 saturated carbocycles. The van der Waals surface area contributed by atoms with Gasteiger partial charge in [-0.1, -0.05) is 24.3 Å². The number of hydrogen-bond acceptors (Lipinski definition) is 5. The number of thiophene rings is 1. The van der Waals surface area contributed by atoms with Crippen LogP contribution in [0.2, 0.25) is 0 Å². The second-order valence-electron chi connectivity index (χ2n) is 5.17. The van der Waals surface area contributed by atoms with Crippen LogP contribution in [-0.4, -0.2) is 32.3 Å². The summed E-state index contributed by atoms with van der Waals surface area (Å²) in [5, 5.41) is 10.4. The largest absolute Gasteiger partial charge is 0.477 e. The van der Waals surface area contributed by atoms with E-state index in [9.17, 15) is 26.4 Å². The molecule has 0 radical (unpaired) electrons. The van der Waals surface area contributed by atoms with Gasteiger partial charge in [-0.15, -0.1) is 11.3 Å². The Balaban J connectivity index is 1.95. The van der Waals surface area contributed by atoms with Crippen LogP contribution in [-0.2, 0) is 27.9 Å². The van der Waals surface area contributed by atoms with Crippen LogP contribution < -0.4 is 4.72 Å². The quantitative estimate of drug-likeness (QED) is 0.699. The second kappa shape index (κ2) is 8.16. The van der Waals surface area contributed by atoms with Crippen molar-refractivity contribution in [3.05, 3.63) is 51.7 Å². The molecule has 2 rings (SSSR count). The molecule has 0 fully saturated rings. The topological polar surface area (TPSA) is 92.7 Å². The maximum absolute atomic E-state index is 12.2. The van der Waals surface area contributed by atoms with Crippen LogP contribution in [0.25, 0.3) is 0 Å². The van der Waals surface area contributed by atoms with Crippen LogP contribution >= 0.6 is 11.3 Å². The molecule has 142 valence electrons. The van der Waals surface area contributed by atoms with E-state index in [2.05, 4.69) is 9.46 Å². The Kier molecular flexibility index (Phi) is 6.39. The first-order valence-electron chi connectivity index (χ1n) is 7.11. The highest BCUT2D eigenvalue weighted by Gasteiger charge is 2.27. The van der Waals surface area contributed by atoms with Gasteiger partial charge < -0.3 is 9.84 Å². The zero-order valence-electron chi connectivity index (χ0n) is 13.1. The fourth-order valence-electron chi connectivity index (χ4n) is 1.96. The molecule has 0 atom stereocenters. The Labute approximate surface area is 151 Å². The summed E-state index contributed by atoms with van der Waals surface area (Å²) in [7, 11) is -4.00. The van der Waals surface area contributed by atoms with Gasteiger partial charge in [-0.2, -0.15) is 13.2 Å². The molecule has 2 aromatic rings. The molecular weight excluding hydrogens is 395 g/mol. The molecule has 1 aromatic carbocycles. The van der Waals surface area contributed by atoms with E-state index < -0.39 is 28.8 Å². The zero-order chi connectivity index (χ0) is 19.4. The summed E-state index contributed by atoms with van der Waals surface area (Å²) < 4.78 is 67.2. The summed E-state index contributed by atoms with van der Waals surface area (Å²) in [6, 6.07) is 7.33. The molecule has 1 heterocycles. The molecule has 0 saturated heterocycles. The Morgan fingerprint density at radius 2 is 1.77 bits per heavy atom. The van der Waals surface area contributed by atoms with Crippen LogP contribution in [0.3, 0.4) is 0 Å². The number of carboxylic acids is 1. The molecule has 26 heavy (non-hydrogen) atoms. The molecule has 0 aliphatic rings. The second-order valence-corrected chi connectivity index (χ2v) is 7.82. The summed E-state index contributed by atoms with van der Waals surface area (Å²) in [6.45, 7) is -1.66. The minimum absolute atomic E-state index is 0.0963. The highest BCUT2D eigenvalue weighted by atomic mass is 32.2. The van der Waals surface area contributed by atoms with Crippen LogP contribution in [0.5, 0.6) is 0 Å². The van der Waals surface area contributed by atoms with E-state index in [0.29, 0.717) is 11.1 Å². The molecule has 0 amide bonds. The first-order valence-corrected chi connectivity index (χ1v) is 9.47. The molecule has 1 aromatic heterocycles. The van der Waals surface area contributed by atoms with Gasteiger partial charge in [-0.05, 0) is 22.6 Å². The normalized spacial score (nSPS) is 12.3. The number of benzene rings is 1. The van der Waals surface area contributed by atoms with Crippen molar-refractivity contribution in [2.24, 2.45) is 0 Å². The average molecular weight is 409 g/mol. The van der Waals surface area contributed by atoms with Crippen LogP contribution in [0.1, 0.15) is 20.8 Å². The third-order valence-electron chi connectivity index (χ3n) is 3.14. The van der Waals surface area contributed by atoms with Crippen LogP contribution in [0, 0.1) is 0 Å². The van der Waals surface area contributed by atoms with E-state index in [1.165, 1.54) is 23.6 Å². The third kappa shape index (κ3) is 5.80. The van der Waals surface area contributed by atoms with E-state index in [4.69, 9.17) is 5.11 Å². The average Bonchev–Trinajstić information content (AvgIpc) is 3.04. The summed E-state index contributed by atoms with van der Waals surface area (Å²) in [5.41, 5.74) is 1.06. The first-order chi connectivity index (χ1) is 12.1. The number of carbonyl (C=O) groups is 1. The van der Waals surface area contributed by atoms with Gasteiger partial charge in [0.05, 0.1) is 6.61 Å². The predicted molar refractivity (Wildman–Crippen MR) is 87.5 cm³/mol. The zero-order valence-corrected chi connectivity index (χ0v) is 14.7. The lowest BCUT2D eigenvalue weighted by molar-refractivity contribution is -0.176. The van der Waals surface area contributed by atoms with E-state index >= 15 is 0 Å². The summed E-state index contributed by atoms with van der Waals surface area (Å²) in [5.74, 6) is -1.33. The predicted octanol–water partition coefficient (Wildman–Crippen LogP) is 3.00. The van der Waals surface area contributed by atoms with Crippen molar-refractivity contribution in [1.82, 2.24) is 4.72 Å². The van der Waals surface area contributed by atoms with Crippen LogP contribution in [0.4, 0.5) is 13.2 Å². The Hall–Kier alpha value is -1.95. The fraction of sp³-hybridized carbons (Fsp3) is 0.267. The Morgan fingerprint density at radius 1 is 1.15 bits per heavy atom. The summed E-state index contributed by atoms with van der Waals surface area (Å²) in [4.78, 5) is 10.4. The van der Waals surface area contributed by atoms with E-state index in [1.807, 2.05) is 0 Å². The Morgan fingerprint density at radius 3 is 2.35 bits per heavy atom. The smallest absolute Gasteiger partial charge is 0.411 e. The molecule has 2 N–H and O–H groups in total.